The largest absolute Gasteiger partial charge is 0.511 e. The van der Waals surface area contributed by atoms with Crippen LogP contribution in [0.25, 0.3) is 22.4 Å². The SMILES string of the molecule is CC(C)c1nc(-c2cccc3c2OCO3)cc(-c2ccc(F)cc2)c1C#CCO[P+](=O)CC(CC(=O)O)O[Si](c1ccccc1)(c1ccccc1)C(C)(C)C. The van der Waals surface area contributed by atoms with Crippen LogP contribution in [0.2, 0.25) is 5.04 Å². The summed E-state index contributed by atoms with van der Waals surface area (Å²) in [6, 6.07) is 33.5. The fourth-order valence-electron chi connectivity index (χ4n) is 6.97. The maximum atomic E-state index is 14.1. The van der Waals surface area contributed by atoms with E-state index in [9.17, 15) is 18.9 Å². The highest BCUT2D eigenvalue weighted by molar-refractivity contribution is 7.39. The Morgan fingerprint density at radius 2 is 1.58 bits per heavy atom. The van der Waals surface area contributed by atoms with Gasteiger partial charge in [0.15, 0.2) is 18.1 Å². The third kappa shape index (κ3) is 8.88. The number of aromatic nitrogens is 1. The lowest BCUT2D eigenvalue weighted by Crippen LogP contribution is -2.68. The van der Waals surface area contributed by atoms with Crippen LogP contribution in [0.5, 0.6) is 11.5 Å². The van der Waals surface area contributed by atoms with Crippen LogP contribution in [0, 0.1) is 17.7 Å². The number of carbonyl (C=O) groups is 1. The third-order valence-corrected chi connectivity index (χ3v) is 15.6. The van der Waals surface area contributed by atoms with Crippen molar-refractivity contribution in [2.45, 2.75) is 58.1 Å². The molecule has 11 heteroatoms. The Labute approximate surface area is 323 Å². The number of hydrogen-bond acceptors (Lipinski definition) is 7. The first-order valence-corrected chi connectivity index (χ1v) is 21.4. The van der Waals surface area contributed by atoms with E-state index in [1.165, 1.54) is 12.1 Å². The van der Waals surface area contributed by atoms with Gasteiger partial charge in [0, 0.05) is 11.1 Å². The molecule has 0 saturated carbocycles. The zero-order valence-electron chi connectivity index (χ0n) is 31.5. The molecule has 0 spiro atoms. The van der Waals surface area contributed by atoms with Crippen LogP contribution < -0.4 is 19.8 Å². The quantitative estimate of drug-likeness (QED) is 0.0719. The standard InChI is InChI=1S/C44H43FNO7PSi/c1-30(2)42-36(38(31-21-23-32(45)24-22-31)27-39(46-42)37-18-12-20-40-43(37)51-29-50-40)19-13-25-52-54(49)28-33(26-41(47)48)53-55(44(3,4)5,34-14-8-6-9-15-34)35-16-10-7-11-17-35/h6-12,14-18,20-24,27,30,33H,25-26,28-29H2,1-5H3/p+1. The van der Waals surface area contributed by atoms with Crippen molar-refractivity contribution in [2.75, 3.05) is 19.6 Å². The van der Waals surface area contributed by atoms with E-state index in [-0.39, 0.29) is 37.7 Å². The van der Waals surface area contributed by atoms with E-state index in [4.69, 9.17) is 23.4 Å². The maximum Gasteiger partial charge on any atom is 0.511 e. The average Bonchev–Trinajstić information content (AvgIpc) is 3.65. The highest BCUT2D eigenvalue weighted by atomic mass is 31.1. The van der Waals surface area contributed by atoms with Crippen molar-refractivity contribution in [3.8, 4) is 45.7 Å². The van der Waals surface area contributed by atoms with Gasteiger partial charge in [-0.05, 0) is 61.8 Å². The fraction of sp³-hybridized carbons (Fsp3) is 0.273. The molecule has 1 aliphatic rings. The number of benzene rings is 4. The second-order valence-electron chi connectivity index (χ2n) is 14.6. The van der Waals surface area contributed by atoms with Crippen molar-refractivity contribution in [3.63, 3.8) is 0 Å². The number of rotatable bonds is 13. The highest BCUT2D eigenvalue weighted by Gasteiger charge is 2.52. The number of aliphatic carboxylic acids is 1. The van der Waals surface area contributed by atoms with E-state index in [2.05, 4.69) is 32.6 Å². The number of carboxylic acids is 1. The molecule has 55 heavy (non-hydrogen) atoms. The van der Waals surface area contributed by atoms with Crippen molar-refractivity contribution in [1.82, 2.24) is 4.98 Å². The third-order valence-electron chi connectivity index (χ3n) is 9.43. The summed E-state index contributed by atoms with van der Waals surface area (Å²) in [6.45, 7) is 10.3. The Kier molecular flexibility index (Phi) is 12.3. The summed E-state index contributed by atoms with van der Waals surface area (Å²) in [7, 11) is -5.52. The molecule has 6 rings (SSSR count). The fourth-order valence-corrected chi connectivity index (χ4v) is 12.6. The molecule has 2 unspecified atom stereocenters. The first kappa shape index (κ1) is 39.5. The second kappa shape index (κ2) is 17.1. The Morgan fingerprint density at radius 3 is 2.18 bits per heavy atom. The van der Waals surface area contributed by atoms with Gasteiger partial charge < -0.3 is 19.0 Å². The van der Waals surface area contributed by atoms with E-state index in [1.54, 1.807) is 12.1 Å². The summed E-state index contributed by atoms with van der Waals surface area (Å²) < 4.78 is 51.8. The topological polar surface area (TPSA) is 104 Å². The highest BCUT2D eigenvalue weighted by Crippen LogP contribution is 2.43. The van der Waals surface area contributed by atoms with Crippen LogP contribution in [-0.2, 0) is 18.3 Å². The summed E-state index contributed by atoms with van der Waals surface area (Å²) >= 11 is 0. The van der Waals surface area contributed by atoms with E-state index in [1.807, 2.05) is 98.8 Å². The van der Waals surface area contributed by atoms with Crippen molar-refractivity contribution in [3.05, 3.63) is 126 Å². The van der Waals surface area contributed by atoms with Crippen LogP contribution >= 0.6 is 8.03 Å². The molecule has 5 aromatic rings. The van der Waals surface area contributed by atoms with Gasteiger partial charge >= 0.3 is 14.0 Å². The van der Waals surface area contributed by atoms with Crippen molar-refractivity contribution < 1.29 is 37.3 Å². The van der Waals surface area contributed by atoms with Crippen LogP contribution in [0.1, 0.15) is 58.2 Å². The number of para-hydroxylation sites is 1. The number of hydrogen-bond donors (Lipinski definition) is 1. The van der Waals surface area contributed by atoms with Crippen LogP contribution in [0.3, 0.4) is 0 Å². The summed E-state index contributed by atoms with van der Waals surface area (Å²) in [4.78, 5) is 17.2. The predicted octanol–water partition coefficient (Wildman–Crippen LogP) is 8.94. The van der Waals surface area contributed by atoms with Gasteiger partial charge in [-0.3, -0.25) is 9.78 Å². The average molecular weight is 777 g/mol. The smallest absolute Gasteiger partial charge is 0.481 e. The lowest BCUT2D eigenvalue weighted by molar-refractivity contribution is -0.138. The number of halogens is 1. The van der Waals surface area contributed by atoms with Gasteiger partial charge in [0.1, 0.15) is 11.9 Å². The van der Waals surface area contributed by atoms with Gasteiger partial charge in [0.05, 0.1) is 23.4 Å². The van der Waals surface area contributed by atoms with Crippen molar-refractivity contribution in [2.24, 2.45) is 0 Å². The van der Waals surface area contributed by atoms with E-state index in [0.29, 0.717) is 28.5 Å². The van der Waals surface area contributed by atoms with Gasteiger partial charge in [-0.1, -0.05) is 125 Å². The van der Waals surface area contributed by atoms with Gasteiger partial charge in [-0.15, -0.1) is 4.52 Å². The first-order chi connectivity index (χ1) is 26.4. The minimum Gasteiger partial charge on any atom is -0.481 e. The van der Waals surface area contributed by atoms with Crippen molar-refractivity contribution in [1.29, 1.82) is 0 Å². The molecule has 1 N–H and O–H groups in total. The van der Waals surface area contributed by atoms with E-state index in [0.717, 1.165) is 27.1 Å². The number of ether oxygens (including phenoxy) is 2. The number of nitrogens with zero attached hydrogens (tertiary/aromatic N) is 1. The molecular weight excluding hydrogens is 733 g/mol. The first-order valence-electron chi connectivity index (χ1n) is 18.1. The van der Waals surface area contributed by atoms with Gasteiger partial charge in [-0.25, -0.2) is 4.39 Å². The number of fused-ring (bicyclic) bond motifs is 1. The minimum atomic E-state index is -3.14. The second-order valence-corrected chi connectivity index (χ2v) is 20.1. The molecule has 0 aliphatic carbocycles. The maximum absolute atomic E-state index is 14.1. The molecule has 2 atom stereocenters. The Hall–Kier alpha value is -5.17. The molecule has 0 radical (unpaired) electrons. The predicted molar refractivity (Wildman–Crippen MR) is 215 cm³/mol. The molecular formula is C44H44FNO7PSi+. The zero-order chi connectivity index (χ0) is 39.2. The lowest BCUT2D eigenvalue weighted by atomic mass is 9.92. The van der Waals surface area contributed by atoms with Gasteiger partial charge in [-0.2, -0.15) is 0 Å². The molecule has 4 aromatic carbocycles. The minimum absolute atomic E-state index is 0.0506. The van der Waals surface area contributed by atoms with Crippen LogP contribution in [0.4, 0.5) is 4.39 Å². The van der Waals surface area contributed by atoms with Gasteiger partial charge in [0.25, 0.3) is 8.32 Å². The molecule has 0 bridgehead atoms. The molecule has 1 aliphatic heterocycles. The molecule has 1 aromatic heterocycles. The van der Waals surface area contributed by atoms with E-state index < -0.39 is 33.5 Å². The van der Waals surface area contributed by atoms with Gasteiger partial charge in [0.2, 0.25) is 13.0 Å². The van der Waals surface area contributed by atoms with Crippen LogP contribution in [-0.4, -0.2) is 50.0 Å². The Balaban J connectivity index is 1.29. The Bertz CT molecular complexity index is 2180. The molecule has 0 fully saturated rings. The molecule has 282 valence electrons. The Morgan fingerprint density at radius 1 is 0.927 bits per heavy atom. The number of pyridine rings is 1. The van der Waals surface area contributed by atoms with E-state index >= 15 is 0 Å². The number of carboxylic acid groups (broad SMARTS) is 1. The van der Waals surface area contributed by atoms with Crippen molar-refractivity contribution >= 4 is 32.7 Å². The summed E-state index contributed by atoms with van der Waals surface area (Å²) in [5.74, 6) is 6.00. The lowest BCUT2D eigenvalue weighted by Gasteiger charge is -2.44. The van der Waals surface area contributed by atoms with Crippen LogP contribution in [0.15, 0.2) is 109 Å². The monoisotopic (exact) mass is 776 g/mol. The molecule has 0 saturated heterocycles. The summed E-state index contributed by atoms with van der Waals surface area (Å²) in [6.07, 6.45) is -1.38. The molecule has 2 heterocycles. The summed E-state index contributed by atoms with van der Waals surface area (Å²) in [5, 5.41) is 11.5. The molecule has 8 nitrogen and oxygen atoms in total. The normalized spacial score (nSPS) is 13.3. The molecule has 0 amide bonds. The summed E-state index contributed by atoms with van der Waals surface area (Å²) in [5.41, 5.74) is 4.24. The zero-order valence-corrected chi connectivity index (χ0v) is 33.4.